The van der Waals surface area contributed by atoms with E-state index in [4.69, 9.17) is 4.98 Å². The number of fused-ring (bicyclic) bond motifs is 1. The molecular formula is C23H28N4O3S. The maximum Gasteiger partial charge on any atom is 0.319 e. The molecule has 0 unspecified atom stereocenters. The molecule has 31 heavy (non-hydrogen) atoms. The Morgan fingerprint density at radius 2 is 1.81 bits per heavy atom. The van der Waals surface area contributed by atoms with E-state index < -0.39 is 9.84 Å². The highest BCUT2D eigenvalue weighted by molar-refractivity contribution is 7.91. The number of benzene rings is 2. The standard InChI is InChI=1S/C23H28N4O3S/c1-4-24-23(28)26-21-16-22(25-20-12-11-17(3)15-19(20)21)27(5-2)13-14-31(29,30)18-9-7-6-8-10-18/h6-12,15-16H,4-5,13-14H2,1-3H3,(H2,24,25,26,28). The third-order valence-corrected chi connectivity index (χ3v) is 6.68. The van der Waals surface area contributed by atoms with Gasteiger partial charge in [-0.05, 0) is 45.0 Å². The van der Waals surface area contributed by atoms with Crippen LogP contribution in [0.1, 0.15) is 19.4 Å². The van der Waals surface area contributed by atoms with Gasteiger partial charge in [-0.25, -0.2) is 18.2 Å². The normalized spacial score (nSPS) is 11.3. The summed E-state index contributed by atoms with van der Waals surface area (Å²) in [6.45, 7) is 7.17. The molecule has 164 valence electrons. The lowest BCUT2D eigenvalue weighted by Gasteiger charge is -2.23. The van der Waals surface area contributed by atoms with Crippen molar-refractivity contribution >= 4 is 38.3 Å². The number of carbonyl (C=O) groups excluding carboxylic acids is 1. The van der Waals surface area contributed by atoms with Crippen molar-refractivity contribution in [1.29, 1.82) is 0 Å². The number of nitrogens with one attached hydrogen (secondary N) is 2. The molecule has 7 nitrogen and oxygen atoms in total. The van der Waals surface area contributed by atoms with Gasteiger partial charge in [-0.15, -0.1) is 0 Å². The van der Waals surface area contributed by atoms with Crippen LogP contribution in [0.2, 0.25) is 0 Å². The molecule has 3 rings (SSSR count). The summed E-state index contributed by atoms with van der Waals surface area (Å²) >= 11 is 0. The lowest BCUT2D eigenvalue weighted by Crippen LogP contribution is -2.31. The zero-order valence-electron chi connectivity index (χ0n) is 18.1. The lowest BCUT2D eigenvalue weighted by atomic mass is 10.1. The van der Waals surface area contributed by atoms with Gasteiger partial charge < -0.3 is 15.5 Å². The fourth-order valence-electron chi connectivity index (χ4n) is 3.33. The van der Waals surface area contributed by atoms with Crippen LogP contribution in [0.15, 0.2) is 59.5 Å². The predicted molar refractivity (Wildman–Crippen MR) is 126 cm³/mol. The number of hydrogen-bond donors (Lipinski definition) is 2. The van der Waals surface area contributed by atoms with Gasteiger partial charge in [-0.3, -0.25) is 0 Å². The van der Waals surface area contributed by atoms with E-state index in [9.17, 15) is 13.2 Å². The fourth-order valence-corrected chi connectivity index (χ4v) is 4.60. The van der Waals surface area contributed by atoms with Crippen molar-refractivity contribution < 1.29 is 13.2 Å². The van der Waals surface area contributed by atoms with Gasteiger partial charge in [0.05, 0.1) is 21.9 Å². The molecule has 0 radical (unpaired) electrons. The van der Waals surface area contributed by atoms with E-state index in [1.807, 2.05) is 43.9 Å². The van der Waals surface area contributed by atoms with Crippen molar-refractivity contribution in [3.8, 4) is 0 Å². The van der Waals surface area contributed by atoms with Crippen molar-refractivity contribution in [3.05, 3.63) is 60.2 Å². The predicted octanol–water partition coefficient (Wildman–Crippen LogP) is 3.98. The van der Waals surface area contributed by atoms with E-state index >= 15 is 0 Å². The van der Waals surface area contributed by atoms with Crippen LogP contribution in [0.3, 0.4) is 0 Å². The molecule has 0 aliphatic heterocycles. The van der Waals surface area contributed by atoms with Crippen LogP contribution < -0.4 is 15.5 Å². The van der Waals surface area contributed by atoms with E-state index in [1.54, 1.807) is 36.4 Å². The molecule has 0 aliphatic carbocycles. The molecule has 3 aromatic rings. The van der Waals surface area contributed by atoms with Crippen LogP contribution in [0.5, 0.6) is 0 Å². The minimum atomic E-state index is -3.41. The molecule has 0 saturated heterocycles. The van der Waals surface area contributed by atoms with Crippen molar-refractivity contribution in [2.75, 3.05) is 35.6 Å². The number of nitrogens with zero attached hydrogens (tertiary/aromatic N) is 2. The van der Waals surface area contributed by atoms with Gasteiger partial charge in [0.2, 0.25) is 0 Å². The SMILES string of the molecule is CCNC(=O)Nc1cc(N(CC)CCS(=O)(=O)c2ccccc2)nc2ccc(C)cc12. The van der Waals surface area contributed by atoms with Crippen molar-refractivity contribution in [2.24, 2.45) is 0 Å². The summed E-state index contributed by atoms with van der Waals surface area (Å²) in [7, 11) is -3.41. The first kappa shape index (κ1) is 22.6. The number of amides is 2. The topological polar surface area (TPSA) is 91.4 Å². The van der Waals surface area contributed by atoms with E-state index in [0.29, 0.717) is 36.0 Å². The Kier molecular flexibility index (Phi) is 7.12. The van der Waals surface area contributed by atoms with Gasteiger partial charge in [0.15, 0.2) is 9.84 Å². The number of hydrogen-bond acceptors (Lipinski definition) is 5. The summed E-state index contributed by atoms with van der Waals surface area (Å²) < 4.78 is 25.4. The van der Waals surface area contributed by atoms with Crippen LogP contribution >= 0.6 is 0 Å². The van der Waals surface area contributed by atoms with E-state index in [1.165, 1.54) is 0 Å². The van der Waals surface area contributed by atoms with Crippen molar-refractivity contribution in [1.82, 2.24) is 10.3 Å². The molecule has 0 bridgehead atoms. The molecule has 0 fully saturated rings. The van der Waals surface area contributed by atoms with Crippen LogP contribution in [0.4, 0.5) is 16.3 Å². The number of rotatable bonds is 8. The quantitative estimate of drug-likeness (QED) is 0.553. The highest BCUT2D eigenvalue weighted by Crippen LogP contribution is 2.28. The average Bonchev–Trinajstić information content (AvgIpc) is 2.75. The largest absolute Gasteiger partial charge is 0.356 e. The Hall–Kier alpha value is -3.13. The van der Waals surface area contributed by atoms with Crippen LogP contribution in [0, 0.1) is 6.92 Å². The molecule has 2 amide bonds. The molecular weight excluding hydrogens is 412 g/mol. The van der Waals surface area contributed by atoms with Gasteiger partial charge in [-0.2, -0.15) is 0 Å². The first-order valence-corrected chi connectivity index (χ1v) is 12.0. The summed E-state index contributed by atoms with van der Waals surface area (Å²) in [6.07, 6.45) is 0. The highest BCUT2D eigenvalue weighted by atomic mass is 32.2. The Morgan fingerprint density at radius 3 is 2.48 bits per heavy atom. The molecule has 1 heterocycles. The monoisotopic (exact) mass is 440 g/mol. The van der Waals surface area contributed by atoms with Crippen molar-refractivity contribution in [3.63, 3.8) is 0 Å². The van der Waals surface area contributed by atoms with Gasteiger partial charge in [0.25, 0.3) is 0 Å². The summed E-state index contributed by atoms with van der Waals surface area (Å²) in [6, 6.07) is 15.8. The van der Waals surface area contributed by atoms with Crippen molar-refractivity contribution in [2.45, 2.75) is 25.7 Å². The second kappa shape index (κ2) is 9.78. The Balaban J connectivity index is 1.92. The first-order chi connectivity index (χ1) is 14.8. The van der Waals surface area contributed by atoms with Crippen LogP contribution in [-0.2, 0) is 9.84 Å². The molecule has 0 saturated carbocycles. The Labute approximate surface area is 183 Å². The zero-order valence-corrected chi connectivity index (χ0v) is 18.9. The molecule has 2 N–H and O–H groups in total. The second-order valence-corrected chi connectivity index (χ2v) is 9.35. The average molecular weight is 441 g/mol. The number of anilines is 2. The molecule has 0 atom stereocenters. The summed E-state index contributed by atoms with van der Waals surface area (Å²) in [5.74, 6) is 0.589. The Bertz CT molecular complexity index is 1160. The van der Waals surface area contributed by atoms with Crippen LogP contribution in [-0.4, -0.2) is 44.8 Å². The third-order valence-electron chi connectivity index (χ3n) is 4.97. The maximum absolute atomic E-state index is 12.7. The number of sulfone groups is 1. The van der Waals surface area contributed by atoms with E-state index in [2.05, 4.69) is 10.6 Å². The highest BCUT2D eigenvalue weighted by Gasteiger charge is 2.18. The molecule has 1 aromatic heterocycles. The van der Waals surface area contributed by atoms with Gasteiger partial charge in [0, 0.05) is 31.1 Å². The smallest absolute Gasteiger partial charge is 0.319 e. The van der Waals surface area contributed by atoms with Crippen LogP contribution in [0.25, 0.3) is 10.9 Å². The molecule has 8 heteroatoms. The number of aromatic nitrogens is 1. The number of pyridine rings is 1. The zero-order chi connectivity index (χ0) is 22.4. The molecule has 0 aliphatic rings. The van der Waals surface area contributed by atoms with Gasteiger partial charge in [0.1, 0.15) is 5.82 Å². The minimum absolute atomic E-state index is 0.0302. The van der Waals surface area contributed by atoms with E-state index in [-0.39, 0.29) is 11.8 Å². The lowest BCUT2D eigenvalue weighted by molar-refractivity contribution is 0.252. The van der Waals surface area contributed by atoms with E-state index in [0.717, 1.165) is 16.5 Å². The molecule has 0 spiro atoms. The summed E-state index contributed by atoms with van der Waals surface area (Å²) in [5.41, 5.74) is 2.43. The third kappa shape index (κ3) is 5.52. The second-order valence-electron chi connectivity index (χ2n) is 7.24. The number of urea groups is 1. The molecule has 2 aromatic carbocycles. The minimum Gasteiger partial charge on any atom is -0.356 e. The fraction of sp³-hybridized carbons (Fsp3) is 0.304. The summed E-state index contributed by atoms with van der Waals surface area (Å²) in [5, 5.41) is 6.47. The maximum atomic E-state index is 12.7. The Morgan fingerprint density at radius 1 is 1.06 bits per heavy atom. The number of carbonyl (C=O) groups is 1. The van der Waals surface area contributed by atoms with Gasteiger partial charge >= 0.3 is 6.03 Å². The number of aryl methyl sites for hydroxylation is 1. The summed E-state index contributed by atoms with van der Waals surface area (Å²) in [4.78, 5) is 19.1. The first-order valence-electron chi connectivity index (χ1n) is 10.3. The van der Waals surface area contributed by atoms with Gasteiger partial charge in [-0.1, -0.05) is 29.8 Å².